The zero-order valence-electron chi connectivity index (χ0n) is 11.2. The molecule has 110 valence electrons. The normalized spacial score (nSPS) is 11.4. The molecule has 0 fully saturated rings. The minimum atomic E-state index is -0.461. The van der Waals surface area contributed by atoms with Crippen LogP contribution in [-0.2, 0) is 7.05 Å². The number of hydrogen-bond donors (Lipinski definition) is 0. The Morgan fingerprint density at radius 1 is 1.23 bits per heavy atom. The predicted octanol–water partition coefficient (Wildman–Crippen LogP) is 3.05. The molecule has 9 heteroatoms. The fraction of sp³-hybridized carbons (Fsp3) is 0.0769. The van der Waals surface area contributed by atoms with Gasteiger partial charge in [-0.3, -0.25) is 4.68 Å². The summed E-state index contributed by atoms with van der Waals surface area (Å²) in [7, 11) is 1.83. The van der Waals surface area contributed by atoms with Crippen molar-refractivity contribution in [3.8, 4) is 22.1 Å². The minimum absolute atomic E-state index is 0.304. The summed E-state index contributed by atoms with van der Waals surface area (Å²) in [4.78, 5) is 0.584. The molecule has 0 amide bonds. The molecule has 0 atom stereocenters. The Balaban J connectivity index is 1.89. The summed E-state index contributed by atoms with van der Waals surface area (Å²) >= 11 is 7.14. The highest BCUT2D eigenvalue weighted by atomic mass is 35.5. The van der Waals surface area contributed by atoms with Crippen LogP contribution in [0.5, 0.6) is 0 Å². The average Bonchev–Trinajstić information content (AvgIpc) is 3.14. The summed E-state index contributed by atoms with van der Waals surface area (Å²) in [5.41, 5.74) is 1.16. The number of hydrogen-bond acceptors (Lipinski definition) is 5. The van der Waals surface area contributed by atoms with E-state index in [9.17, 15) is 4.39 Å². The highest BCUT2D eigenvalue weighted by molar-refractivity contribution is 7.19. The lowest BCUT2D eigenvalue weighted by atomic mass is 10.2. The largest absolute Gasteiger partial charge is 0.265 e. The predicted molar refractivity (Wildman–Crippen MR) is 81.3 cm³/mol. The van der Waals surface area contributed by atoms with Crippen LogP contribution in [0.3, 0.4) is 0 Å². The van der Waals surface area contributed by atoms with Gasteiger partial charge in [-0.1, -0.05) is 22.9 Å². The van der Waals surface area contributed by atoms with Gasteiger partial charge in [-0.15, -0.1) is 10.2 Å². The van der Waals surface area contributed by atoms with Crippen molar-refractivity contribution in [1.82, 2.24) is 29.6 Å². The van der Waals surface area contributed by atoms with E-state index >= 15 is 0 Å². The Bertz CT molecular complexity index is 988. The van der Waals surface area contributed by atoms with Gasteiger partial charge in [0.2, 0.25) is 4.96 Å². The molecule has 4 aromatic rings. The number of benzene rings is 1. The molecule has 22 heavy (non-hydrogen) atoms. The van der Waals surface area contributed by atoms with Crippen LogP contribution in [0.25, 0.3) is 27.1 Å². The van der Waals surface area contributed by atoms with Crippen LogP contribution in [0.4, 0.5) is 4.39 Å². The van der Waals surface area contributed by atoms with Crippen molar-refractivity contribution in [3.63, 3.8) is 0 Å². The first kappa shape index (κ1) is 13.4. The zero-order valence-corrected chi connectivity index (χ0v) is 12.8. The molecule has 0 bridgehead atoms. The van der Waals surface area contributed by atoms with Crippen LogP contribution in [0.15, 0.2) is 30.5 Å². The van der Waals surface area contributed by atoms with Gasteiger partial charge in [-0.25, -0.2) is 4.39 Å². The fourth-order valence-corrected chi connectivity index (χ4v) is 3.20. The molecule has 0 aliphatic carbocycles. The molecule has 3 aromatic heterocycles. The van der Waals surface area contributed by atoms with E-state index < -0.39 is 5.82 Å². The van der Waals surface area contributed by atoms with Crippen LogP contribution in [0.1, 0.15) is 0 Å². The van der Waals surface area contributed by atoms with Gasteiger partial charge in [-0.2, -0.15) is 14.7 Å². The first-order valence-electron chi connectivity index (χ1n) is 6.29. The van der Waals surface area contributed by atoms with Crippen molar-refractivity contribution in [2.75, 3.05) is 0 Å². The topological polar surface area (TPSA) is 60.9 Å². The van der Waals surface area contributed by atoms with E-state index in [0.717, 1.165) is 10.7 Å². The highest BCUT2D eigenvalue weighted by Crippen LogP contribution is 2.29. The van der Waals surface area contributed by atoms with Crippen LogP contribution in [-0.4, -0.2) is 29.6 Å². The number of rotatable bonds is 2. The molecular formula is C13H8ClFN6S. The van der Waals surface area contributed by atoms with Gasteiger partial charge in [0.25, 0.3) is 0 Å². The molecule has 0 spiro atoms. The Hall–Kier alpha value is -2.32. The van der Waals surface area contributed by atoms with Crippen molar-refractivity contribution in [2.45, 2.75) is 0 Å². The lowest BCUT2D eigenvalue weighted by Gasteiger charge is -2.00. The van der Waals surface area contributed by atoms with Crippen LogP contribution < -0.4 is 0 Å². The molecule has 0 saturated heterocycles. The number of aryl methyl sites for hydroxylation is 1. The molecule has 4 rings (SSSR count). The number of halogens is 2. The lowest BCUT2D eigenvalue weighted by Crippen LogP contribution is -1.96. The first-order valence-corrected chi connectivity index (χ1v) is 7.49. The molecule has 0 unspecified atom stereocenters. The molecule has 6 nitrogen and oxygen atoms in total. The first-order chi connectivity index (χ1) is 10.6. The zero-order chi connectivity index (χ0) is 15.3. The summed E-state index contributed by atoms with van der Waals surface area (Å²) in [5, 5.41) is 17.7. The molecule has 3 heterocycles. The van der Waals surface area contributed by atoms with Crippen molar-refractivity contribution in [2.24, 2.45) is 7.05 Å². The Morgan fingerprint density at radius 3 is 2.82 bits per heavy atom. The molecule has 0 aliphatic rings. The maximum atomic E-state index is 14.1. The maximum absolute atomic E-state index is 14.1. The van der Waals surface area contributed by atoms with E-state index in [1.165, 1.54) is 21.9 Å². The summed E-state index contributed by atoms with van der Waals surface area (Å²) in [6.45, 7) is 0. The maximum Gasteiger partial charge on any atom is 0.235 e. The molecule has 0 N–H and O–H groups in total. The molecule has 0 saturated carbocycles. The standard InChI is InChI=1S/C13H8ClFN6S/c1-20-10(4-5-16-20)12-19-21-11(17-18-13(21)22-12)8-3-2-7(14)6-9(8)15/h2-6H,1H3. The molecule has 0 radical (unpaired) electrons. The second kappa shape index (κ2) is 4.85. The van der Waals surface area contributed by atoms with Crippen molar-refractivity contribution in [1.29, 1.82) is 0 Å². The van der Waals surface area contributed by atoms with Crippen LogP contribution >= 0.6 is 22.9 Å². The fourth-order valence-electron chi connectivity index (χ4n) is 2.14. The monoisotopic (exact) mass is 334 g/mol. The van der Waals surface area contributed by atoms with Gasteiger partial charge in [0.05, 0.1) is 11.3 Å². The third-order valence-corrected chi connectivity index (χ3v) is 4.36. The van der Waals surface area contributed by atoms with Gasteiger partial charge < -0.3 is 0 Å². The molecular weight excluding hydrogens is 327 g/mol. The minimum Gasteiger partial charge on any atom is -0.265 e. The second-order valence-electron chi connectivity index (χ2n) is 4.59. The van der Waals surface area contributed by atoms with Crippen molar-refractivity contribution < 1.29 is 4.39 Å². The van der Waals surface area contributed by atoms with Gasteiger partial charge in [0.15, 0.2) is 10.8 Å². The molecule has 0 aliphatic heterocycles. The van der Waals surface area contributed by atoms with E-state index in [4.69, 9.17) is 11.6 Å². The van der Waals surface area contributed by atoms with E-state index in [1.54, 1.807) is 23.0 Å². The van der Waals surface area contributed by atoms with Crippen molar-refractivity contribution >= 4 is 27.9 Å². The Kier molecular flexibility index (Phi) is 2.95. The highest BCUT2D eigenvalue weighted by Gasteiger charge is 2.18. The van der Waals surface area contributed by atoms with Crippen LogP contribution in [0, 0.1) is 5.82 Å². The average molecular weight is 335 g/mol. The Morgan fingerprint density at radius 2 is 2.09 bits per heavy atom. The third kappa shape index (κ3) is 1.99. The number of nitrogens with zero attached hydrogens (tertiary/aromatic N) is 6. The van der Waals surface area contributed by atoms with Gasteiger partial charge >= 0.3 is 0 Å². The second-order valence-corrected chi connectivity index (χ2v) is 5.98. The van der Waals surface area contributed by atoms with E-state index in [0.29, 0.717) is 21.4 Å². The summed E-state index contributed by atoms with van der Waals surface area (Å²) in [6, 6.07) is 6.27. The van der Waals surface area contributed by atoms with E-state index in [-0.39, 0.29) is 0 Å². The van der Waals surface area contributed by atoms with Crippen molar-refractivity contribution in [3.05, 3.63) is 41.3 Å². The lowest BCUT2D eigenvalue weighted by molar-refractivity contribution is 0.629. The SMILES string of the molecule is Cn1nccc1-c1nn2c(-c3ccc(Cl)cc3F)nnc2s1. The van der Waals surface area contributed by atoms with Gasteiger partial charge in [0, 0.05) is 18.3 Å². The van der Waals surface area contributed by atoms with E-state index in [1.807, 2.05) is 13.1 Å². The van der Waals surface area contributed by atoms with Crippen LogP contribution in [0.2, 0.25) is 5.02 Å². The number of aromatic nitrogens is 6. The number of fused-ring (bicyclic) bond motifs is 1. The van der Waals surface area contributed by atoms with E-state index in [2.05, 4.69) is 20.4 Å². The quantitative estimate of drug-likeness (QED) is 0.565. The van der Waals surface area contributed by atoms with Gasteiger partial charge in [0.1, 0.15) is 5.82 Å². The Labute approximate surface area is 132 Å². The van der Waals surface area contributed by atoms with Gasteiger partial charge in [-0.05, 0) is 24.3 Å². The summed E-state index contributed by atoms with van der Waals surface area (Å²) in [6.07, 6.45) is 1.69. The third-order valence-electron chi connectivity index (χ3n) is 3.20. The summed E-state index contributed by atoms with van der Waals surface area (Å²) < 4.78 is 17.3. The summed E-state index contributed by atoms with van der Waals surface area (Å²) in [5.74, 6) is -0.120. The smallest absolute Gasteiger partial charge is 0.235 e. The molecule has 1 aromatic carbocycles.